The molecule has 1 saturated heterocycles. The molecule has 1 aliphatic rings. The fraction of sp³-hybridized carbons (Fsp3) is 0.261. The van der Waals surface area contributed by atoms with E-state index in [2.05, 4.69) is 54.7 Å². The molecule has 0 radical (unpaired) electrons. The van der Waals surface area contributed by atoms with Crippen LogP contribution in [-0.4, -0.2) is 56.4 Å². The van der Waals surface area contributed by atoms with Crippen LogP contribution < -0.4 is 29.9 Å². The molecule has 0 atom stereocenters. The average Bonchev–Trinajstić information content (AvgIpc) is 2.85. The fourth-order valence-electron chi connectivity index (χ4n) is 3.53. The first-order valence-electron chi connectivity index (χ1n) is 10.3. The lowest BCUT2D eigenvalue weighted by molar-refractivity contribution is 0.262. The van der Waals surface area contributed by atoms with Crippen LogP contribution in [0.2, 0.25) is 0 Å². The standard InChI is InChI=1S/C23H26N6O3/c1-31-20-12-17(13-21(14-20)32-2)26-23(30)27-18-15-24-22(25-16-18)29-10-8-28(9-11-29)19-6-4-3-5-7-19/h3-7,12-16H,8-11H2,1-2H3,(H2,26,27,30). The van der Waals surface area contributed by atoms with Crippen LogP contribution in [0.15, 0.2) is 60.9 Å². The Morgan fingerprint density at radius 1 is 0.812 bits per heavy atom. The van der Waals surface area contributed by atoms with E-state index in [1.54, 1.807) is 44.8 Å². The van der Waals surface area contributed by atoms with Crippen molar-refractivity contribution in [2.24, 2.45) is 0 Å². The summed E-state index contributed by atoms with van der Waals surface area (Å²) in [7, 11) is 3.11. The van der Waals surface area contributed by atoms with E-state index in [0.717, 1.165) is 26.2 Å². The van der Waals surface area contributed by atoms with Gasteiger partial charge in [0, 0.05) is 55.8 Å². The molecule has 2 heterocycles. The molecule has 9 nitrogen and oxygen atoms in total. The topological polar surface area (TPSA) is 91.8 Å². The van der Waals surface area contributed by atoms with E-state index in [1.807, 2.05) is 6.07 Å². The number of amides is 2. The van der Waals surface area contributed by atoms with Crippen molar-refractivity contribution in [2.75, 3.05) is 60.8 Å². The number of carbonyl (C=O) groups excluding carboxylic acids is 1. The zero-order valence-electron chi connectivity index (χ0n) is 18.1. The molecule has 0 saturated carbocycles. The molecule has 0 spiro atoms. The van der Waals surface area contributed by atoms with Crippen molar-refractivity contribution >= 4 is 29.0 Å². The molecule has 0 unspecified atom stereocenters. The summed E-state index contributed by atoms with van der Waals surface area (Å²) in [6, 6.07) is 15.1. The third kappa shape index (κ3) is 5.18. The van der Waals surface area contributed by atoms with Gasteiger partial charge in [0.05, 0.1) is 32.3 Å². The Kier molecular flexibility index (Phi) is 6.54. The molecule has 32 heavy (non-hydrogen) atoms. The Labute approximate surface area is 187 Å². The number of hydrogen-bond donors (Lipinski definition) is 2. The first-order valence-corrected chi connectivity index (χ1v) is 10.3. The van der Waals surface area contributed by atoms with E-state index in [0.29, 0.717) is 28.8 Å². The lowest BCUT2D eigenvalue weighted by Gasteiger charge is -2.36. The first kappa shape index (κ1) is 21.2. The second-order valence-corrected chi connectivity index (χ2v) is 7.26. The summed E-state index contributed by atoms with van der Waals surface area (Å²) in [5.74, 6) is 1.82. The van der Waals surface area contributed by atoms with Crippen LogP contribution in [0.5, 0.6) is 11.5 Å². The van der Waals surface area contributed by atoms with Gasteiger partial charge in [0.2, 0.25) is 5.95 Å². The van der Waals surface area contributed by atoms with E-state index in [-0.39, 0.29) is 0 Å². The molecule has 4 rings (SSSR count). The van der Waals surface area contributed by atoms with Crippen LogP contribution in [0.4, 0.5) is 27.8 Å². The number of benzene rings is 2. The van der Waals surface area contributed by atoms with Gasteiger partial charge in [0.15, 0.2) is 0 Å². The number of para-hydroxylation sites is 1. The van der Waals surface area contributed by atoms with Crippen LogP contribution in [0.1, 0.15) is 0 Å². The number of hydrogen-bond acceptors (Lipinski definition) is 7. The minimum absolute atomic E-state index is 0.409. The van der Waals surface area contributed by atoms with Gasteiger partial charge in [0.25, 0.3) is 0 Å². The summed E-state index contributed by atoms with van der Waals surface area (Å²) >= 11 is 0. The number of urea groups is 1. The molecule has 0 aliphatic carbocycles. The number of carbonyl (C=O) groups is 1. The maximum Gasteiger partial charge on any atom is 0.323 e. The van der Waals surface area contributed by atoms with Crippen LogP contribution in [0.25, 0.3) is 0 Å². The molecule has 166 valence electrons. The summed E-state index contributed by atoms with van der Waals surface area (Å²) in [6.45, 7) is 3.47. The maximum absolute atomic E-state index is 12.4. The second kappa shape index (κ2) is 9.86. The van der Waals surface area contributed by atoms with Gasteiger partial charge in [-0.15, -0.1) is 0 Å². The van der Waals surface area contributed by atoms with E-state index in [9.17, 15) is 4.79 Å². The number of anilines is 4. The quantitative estimate of drug-likeness (QED) is 0.614. The number of ether oxygens (including phenoxy) is 2. The zero-order chi connectivity index (χ0) is 22.3. The third-order valence-electron chi connectivity index (χ3n) is 5.19. The number of methoxy groups -OCH3 is 2. The molecule has 9 heteroatoms. The largest absolute Gasteiger partial charge is 0.497 e. The molecular formula is C23H26N6O3. The normalized spacial score (nSPS) is 13.4. The van der Waals surface area contributed by atoms with Crippen LogP contribution in [0.3, 0.4) is 0 Å². The minimum atomic E-state index is -0.409. The molecule has 1 fully saturated rings. The molecule has 3 aromatic rings. The second-order valence-electron chi connectivity index (χ2n) is 7.26. The summed E-state index contributed by atoms with van der Waals surface area (Å²) < 4.78 is 10.4. The van der Waals surface area contributed by atoms with Crippen molar-refractivity contribution in [3.8, 4) is 11.5 Å². The van der Waals surface area contributed by atoms with E-state index in [1.165, 1.54) is 5.69 Å². The van der Waals surface area contributed by atoms with Gasteiger partial charge < -0.3 is 29.9 Å². The summed E-state index contributed by atoms with van der Waals surface area (Å²) in [5.41, 5.74) is 2.28. The molecule has 1 aliphatic heterocycles. The number of piperazine rings is 1. The fourth-order valence-corrected chi connectivity index (χ4v) is 3.53. The highest BCUT2D eigenvalue weighted by Crippen LogP contribution is 2.26. The number of rotatable bonds is 6. The smallest absolute Gasteiger partial charge is 0.323 e. The van der Waals surface area contributed by atoms with Gasteiger partial charge in [-0.05, 0) is 12.1 Å². The summed E-state index contributed by atoms with van der Waals surface area (Å²) in [5, 5.41) is 5.50. The van der Waals surface area contributed by atoms with Gasteiger partial charge in [0.1, 0.15) is 11.5 Å². The Morgan fingerprint density at radius 3 is 1.97 bits per heavy atom. The third-order valence-corrected chi connectivity index (χ3v) is 5.19. The van der Waals surface area contributed by atoms with Crippen molar-refractivity contribution in [2.45, 2.75) is 0 Å². The van der Waals surface area contributed by atoms with E-state index < -0.39 is 6.03 Å². The molecule has 1 aromatic heterocycles. The van der Waals surface area contributed by atoms with Crippen LogP contribution >= 0.6 is 0 Å². The van der Waals surface area contributed by atoms with Crippen molar-refractivity contribution in [3.63, 3.8) is 0 Å². The van der Waals surface area contributed by atoms with Crippen molar-refractivity contribution in [1.29, 1.82) is 0 Å². The monoisotopic (exact) mass is 434 g/mol. The van der Waals surface area contributed by atoms with E-state index in [4.69, 9.17) is 9.47 Å². The summed E-state index contributed by atoms with van der Waals surface area (Å²) in [4.78, 5) is 25.7. The van der Waals surface area contributed by atoms with Gasteiger partial charge in [-0.3, -0.25) is 0 Å². The number of aromatic nitrogens is 2. The zero-order valence-corrected chi connectivity index (χ0v) is 18.1. The van der Waals surface area contributed by atoms with Gasteiger partial charge >= 0.3 is 6.03 Å². The first-order chi connectivity index (χ1) is 15.6. The lowest BCUT2D eigenvalue weighted by atomic mass is 10.2. The predicted molar refractivity (Wildman–Crippen MR) is 125 cm³/mol. The van der Waals surface area contributed by atoms with Crippen molar-refractivity contribution in [1.82, 2.24) is 9.97 Å². The molecule has 0 bridgehead atoms. The van der Waals surface area contributed by atoms with Gasteiger partial charge in [-0.2, -0.15) is 0 Å². The Hall–Kier alpha value is -4.01. The Morgan fingerprint density at radius 2 is 1.38 bits per heavy atom. The van der Waals surface area contributed by atoms with Crippen molar-refractivity contribution in [3.05, 3.63) is 60.9 Å². The highest BCUT2D eigenvalue weighted by atomic mass is 16.5. The highest BCUT2D eigenvalue weighted by Gasteiger charge is 2.19. The average molecular weight is 435 g/mol. The minimum Gasteiger partial charge on any atom is -0.497 e. The van der Waals surface area contributed by atoms with Crippen molar-refractivity contribution < 1.29 is 14.3 Å². The lowest BCUT2D eigenvalue weighted by Crippen LogP contribution is -2.47. The predicted octanol–water partition coefficient (Wildman–Crippen LogP) is 3.46. The molecule has 2 N–H and O–H groups in total. The van der Waals surface area contributed by atoms with Gasteiger partial charge in [-0.1, -0.05) is 18.2 Å². The Balaban J connectivity index is 1.32. The number of nitrogens with one attached hydrogen (secondary N) is 2. The number of nitrogens with zero attached hydrogens (tertiary/aromatic N) is 4. The van der Waals surface area contributed by atoms with Crippen LogP contribution in [-0.2, 0) is 0 Å². The highest BCUT2D eigenvalue weighted by molar-refractivity contribution is 5.99. The van der Waals surface area contributed by atoms with E-state index >= 15 is 0 Å². The summed E-state index contributed by atoms with van der Waals surface area (Å²) in [6.07, 6.45) is 3.22. The van der Waals surface area contributed by atoms with Gasteiger partial charge in [-0.25, -0.2) is 14.8 Å². The molecular weight excluding hydrogens is 408 g/mol. The van der Waals surface area contributed by atoms with Crippen LogP contribution in [0, 0.1) is 0 Å². The maximum atomic E-state index is 12.4. The molecule has 2 aromatic carbocycles. The Bertz CT molecular complexity index is 1020. The molecule has 2 amide bonds. The SMILES string of the molecule is COc1cc(NC(=O)Nc2cnc(N3CCN(c4ccccc4)CC3)nc2)cc(OC)c1.